The summed E-state index contributed by atoms with van der Waals surface area (Å²) in [4.78, 5) is 5.24. The van der Waals surface area contributed by atoms with Gasteiger partial charge in [0, 0.05) is 0 Å². The molecule has 0 spiro atoms. The molecule has 0 bridgehead atoms. The summed E-state index contributed by atoms with van der Waals surface area (Å²) in [6.07, 6.45) is 0.842. The monoisotopic (exact) mass is 281 g/mol. The molecule has 0 radical (unpaired) electrons. The summed E-state index contributed by atoms with van der Waals surface area (Å²) in [5.74, 6) is 0.425. The summed E-state index contributed by atoms with van der Waals surface area (Å²) < 4.78 is 12.9. The fraction of sp³-hybridized carbons (Fsp3) is 0.333. The zero-order chi connectivity index (χ0) is 13.3. The molecule has 1 atom stereocenters. The number of benzene rings is 1. The van der Waals surface area contributed by atoms with Gasteiger partial charge in [0.15, 0.2) is 0 Å². The van der Waals surface area contributed by atoms with Crippen LogP contribution in [0.2, 0.25) is 0 Å². The van der Waals surface area contributed by atoms with E-state index in [1.165, 1.54) is 6.20 Å². The van der Waals surface area contributed by atoms with Crippen LogP contribution >= 0.6 is 11.7 Å². The predicted molar refractivity (Wildman–Crippen MR) is 70.6 cm³/mol. The van der Waals surface area contributed by atoms with Gasteiger partial charge in [-0.25, -0.2) is 0 Å². The van der Waals surface area contributed by atoms with E-state index in [0.717, 1.165) is 17.3 Å². The van der Waals surface area contributed by atoms with Crippen LogP contribution in [0.5, 0.6) is 5.88 Å². The van der Waals surface area contributed by atoms with Crippen molar-refractivity contribution >= 4 is 11.7 Å². The Morgan fingerprint density at radius 2 is 2.16 bits per heavy atom. The quantitative estimate of drug-likeness (QED) is 0.555. The minimum atomic E-state index is -0.669. The SMILES string of the molecule is OC(CNOCc1ccccc1)COc1cnsn1. The van der Waals surface area contributed by atoms with Crippen LogP contribution in [-0.4, -0.2) is 33.1 Å². The largest absolute Gasteiger partial charge is 0.473 e. The molecule has 102 valence electrons. The van der Waals surface area contributed by atoms with E-state index in [1.54, 1.807) is 0 Å². The van der Waals surface area contributed by atoms with E-state index in [9.17, 15) is 5.11 Å². The summed E-state index contributed by atoms with van der Waals surface area (Å²) in [6, 6.07) is 9.78. The van der Waals surface area contributed by atoms with Gasteiger partial charge >= 0.3 is 0 Å². The Morgan fingerprint density at radius 1 is 1.32 bits per heavy atom. The normalized spacial score (nSPS) is 12.3. The second-order valence-electron chi connectivity index (χ2n) is 3.83. The van der Waals surface area contributed by atoms with Crippen LogP contribution < -0.4 is 10.2 Å². The highest BCUT2D eigenvalue weighted by Gasteiger charge is 2.06. The third kappa shape index (κ3) is 5.31. The highest BCUT2D eigenvalue weighted by molar-refractivity contribution is 6.99. The molecule has 0 aliphatic carbocycles. The molecule has 0 saturated carbocycles. The molecular weight excluding hydrogens is 266 g/mol. The first kappa shape index (κ1) is 13.9. The standard InChI is InChI=1S/C12H15N3O3S/c16-11(9-17-12-7-14-19-15-12)6-13-18-8-10-4-2-1-3-5-10/h1-5,7,11,13,16H,6,8-9H2. The van der Waals surface area contributed by atoms with Crippen molar-refractivity contribution in [1.29, 1.82) is 0 Å². The smallest absolute Gasteiger partial charge is 0.245 e. The van der Waals surface area contributed by atoms with E-state index in [1.807, 2.05) is 30.3 Å². The van der Waals surface area contributed by atoms with Crippen LogP contribution in [0.3, 0.4) is 0 Å². The molecular formula is C12H15N3O3S. The van der Waals surface area contributed by atoms with Crippen molar-refractivity contribution in [3.8, 4) is 5.88 Å². The van der Waals surface area contributed by atoms with Gasteiger partial charge in [-0.1, -0.05) is 30.3 Å². The van der Waals surface area contributed by atoms with Gasteiger partial charge < -0.3 is 9.84 Å². The number of nitrogens with one attached hydrogen (secondary N) is 1. The molecule has 1 heterocycles. The van der Waals surface area contributed by atoms with Crippen molar-refractivity contribution in [2.24, 2.45) is 0 Å². The lowest BCUT2D eigenvalue weighted by Gasteiger charge is -2.11. The van der Waals surface area contributed by atoms with E-state index in [0.29, 0.717) is 12.5 Å². The van der Waals surface area contributed by atoms with Gasteiger partial charge in [0.25, 0.3) is 0 Å². The summed E-state index contributed by atoms with van der Waals surface area (Å²) in [5.41, 5.74) is 3.76. The lowest BCUT2D eigenvalue weighted by atomic mass is 10.2. The molecule has 6 nitrogen and oxygen atoms in total. The van der Waals surface area contributed by atoms with Crippen molar-refractivity contribution in [3.63, 3.8) is 0 Å². The zero-order valence-electron chi connectivity index (χ0n) is 10.2. The molecule has 19 heavy (non-hydrogen) atoms. The molecule has 2 rings (SSSR count). The van der Waals surface area contributed by atoms with Crippen LogP contribution in [0.15, 0.2) is 36.5 Å². The Morgan fingerprint density at radius 3 is 2.89 bits per heavy atom. The molecule has 0 aliphatic heterocycles. The van der Waals surface area contributed by atoms with Crippen molar-refractivity contribution in [2.75, 3.05) is 13.2 Å². The molecule has 1 aromatic carbocycles. The van der Waals surface area contributed by atoms with Gasteiger partial charge in [-0.05, 0) is 5.56 Å². The van der Waals surface area contributed by atoms with E-state index >= 15 is 0 Å². The Kier molecular flexibility index (Phi) is 5.70. The number of hydroxylamine groups is 1. The maximum absolute atomic E-state index is 9.63. The number of rotatable bonds is 8. The summed E-state index contributed by atoms with van der Waals surface area (Å²) in [5, 5.41) is 9.63. The fourth-order valence-corrected chi connectivity index (χ4v) is 1.69. The van der Waals surface area contributed by atoms with Gasteiger partial charge in [-0.15, -0.1) is 4.37 Å². The molecule has 2 N–H and O–H groups in total. The average Bonchev–Trinajstić information content (AvgIpc) is 2.96. The maximum Gasteiger partial charge on any atom is 0.245 e. The number of hydrogen-bond donors (Lipinski definition) is 2. The first-order valence-electron chi connectivity index (χ1n) is 5.81. The number of aliphatic hydroxyl groups is 1. The first-order chi connectivity index (χ1) is 9.34. The van der Waals surface area contributed by atoms with E-state index < -0.39 is 6.10 Å². The van der Waals surface area contributed by atoms with Crippen LogP contribution in [0.25, 0.3) is 0 Å². The van der Waals surface area contributed by atoms with E-state index in [2.05, 4.69) is 14.2 Å². The van der Waals surface area contributed by atoms with Gasteiger partial charge in [0.1, 0.15) is 18.9 Å². The van der Waals surface area contributed by atoms with Crippen molar-refractivity contribution < 1.29 is 14.7 Å². The Bertz CT molecular complexity index is 453. The summed E-state index contributed by atoms with van der Waals surface area (Å²) in [6.45, 7) is 0.877. The highest BCUT2D eigenvalue weighted by atomic mass is 32.1. The first-order valence-corrected chi connectivity index (χ1v) is 6.54. The second-order valence-corrected chi connectivity index (χ2v) is 4.39. The Hall–Kier alpha value is -1.54. The second kappa shape index (κ2) is 7.80. The zero-order valence-corrected chi connectivity index (χ0v) is 11.0. The maximum atomic E-state index is 9.63. The van der Waals surface area contributed by atoms with Gasteiger partial charge in [-0.2, -0.15) is 9.85 Å². The molecule has 0 aliphatic rings. The third-order valence-corrected chi connectivity index (χ3v) is 2.73. The van der Waals surface area contributed by atoms with Crippen LogP contribution in [0.1, 0.15) is 5.56 Å². The Balaban J connectivity index is 1.55. The molecule has 0 fully saturated rings. The van der Waals surface area contributed by atoms with Crippen LogP contribution in [0, 0.1) is 0 Å². The van der Waals surface area contributed by atoms with Crippen molar-refractivity contribution in [1.82, 2.24) is 14.2 Å². The van der Waals surface area contributed by atoms with Crippen LogP contribution in [0.4, 0.5) is 0 Å². The lowest BCUT2D eigenvalue weighted by molar-refractivity contribution is -0.00626. The van der Waals surface area contributed by atoms with E-state index in [4.69, 9.17) is 9.57 Å². The number of nitrogens with zero attached hydrogens (tertiary/aromatic N) is 2. The molecule has 2 aromatic rings. The predicted octanol–water partition coefficient (Wildman–Crippen LogP) is 0.999. The minimum absolute atomic E-state index is 0.146. The summed E-state index contributed by atoms with van der Waals surface area (Å²) >= 11 is 1.06. The third-order valence-electron chi connectivity index (χ3n) is 2.27. The van der Waals surface area contributed by atoms with E-state index in [-0.39, 0.29) is 13.2 Å². The molecule has 0 amide bonds. The fourth-order valence-electron chi connectivity index (χ4n) is 1.32. The molecule has 1 aromatic heterocycles. The minimum Gasteiger partial charge on any atom is -0.473 e. The number of hydrogen-bond acceptors (Lipinski definition) is 7. The number of aromatic nitrogens is 2. The number of aliphatic hydroxyl groups excluding tert-OH is 1. The van der Waals surface area contributed by atoms with Gasteiger partial charge in [0.05, 0.1) is 24.9 Å². The van der Waals surface area contributed by atoms with Gasteiger partial charge in [-0.3, -0.25) is 4.84 Å². The number of ether oxygens (including phenoxy) is 1. The Labute approximate surface area is 115 Å². The topological polar surface area (TPSA) is 76.5 Å². The molecule has 1 unspecified atom stereocenters. The lowest BCUT2D eigenvalue weighted by Crippen LogP contribution is -2.31. The van der Waals surface area contributed by atoms with Crippen LogP contribution in [-0.2, 0) is 11.4 Å². The molecule has 0 saturated heterocycles. The average molecular weight is 281 g/mol. The van der Waals surface area contributed by atoms with Crippen molar-refractivity contribution in [3.05, 3.63) is 42.1 Å². The highest BCUT2D eigenvalue weighted by Crippen LogP contribution is 2.05. The molecule has 7 heteroatoms. The van der Waals surface area contributed by atoms with Gasteiger partial charge in [0.2, 0.25) is 5.88 Å². The summed E-state index contributed by atoms with van der Waals surface area (Å²) in [7, 11) is 0. The van der Waals surface area contributed by atoms with Crippen molar-refractivity contribution in [2.45, 2.75) is 12.7 Å².